The first kappa shape index (κ1) is 17.1. The molecule has 4 heteroatoms. The second kappa shape index (κ2) is 7.90. The van der Waals surface area contributed by atoms with E-state index in [-0.39, 0.29) is 11.9 Å². The maximum absolute atomic E-state index is 13.0. The molecule has 0 bridgehead atoms. The molecule has 0 amide bonds. The molecule has 0 aliphatic heterocycles. The topological polar surface area (TPSA) is 24.1 Å². The SMILES string of the molecule is Cc1cccc([C@H](NC(=S)Nc2ccc(F)cc2)c2ccccc2)c1. The van der Waals surface area contributed by atoms with Crippen LogP contribution < -0.4 is 10.6 Å². The molecule has 2 nitrogen and oxygen atoms in total. The van der Waals surface area contributed by atoms with Crippen LogP contribution in [0, 0.1) is 12.7 Å². The van der Waals surface area contributed by atoms with Gasteiger partial charge in [0.05, 0.1) is 6.04 Å². The zero-order valence-corrected chi connectivity index (χ0v) is 14.7. The van der Waals surface area contributed by atoms with Gasteiger partial charge < -0.3 is 10.6 Å². The lowest BCUT2D eigenvalue weighted by molar-refractivity contribution is 0.628. The monoisotopic (exact) mass is 350 g/mol. The van der Waals surface area contributed by atoms with E-state index in [1.807, 2.05) is 24.3 Å². The van der Waals surface area contributed by atoms with Crippen molar-refractivity contribution in [3.05, 3.63) is 101 Å². The average Bonchev–Trinajstić information content (AvgIpc) is 2.62. The number of hydrogen-bond acceptors (Lipinski definition) is 1. The molecule has 0 heterocycles. The van der Waals surface area contributed by atoms with Gasteiger partial charge in [-0.05, 0) is 54.5 Å². The number of anilines is 1. The van der Waals surface area contributed by atoms with Gasteiger partial charge in [-0.1, -0.05) is 60.2 Å². The quantitative estimate of drug-likeness (QED) is 0.632. The molecular formula is C21H19FN2S. The Morgan fingerprint density at radius 3 is 2.24 bits per heavy atom. The van der Waals surface area contributed by atoms with Crippen molar-refractivity contribution < 1.29 is 4.39 Å². The molecule has 2 N–H and O–H groups in total. The third kappa shape index (κ3) is 4.64. The van der Waals surface area contributed by atoms with Crippen LogP contribution in [0.25, 0.3) is 0 Å². The van der Waals surface area contributed by atoms with E-state index in [1.54, 1.807) is 12.1 Å². The Bertz CT molecular complexity index is 847. The number of aryl methyl sites for hydroxylation is 1. The summed E-state index contributed by atoms with van der Waals surface area (Å²) < 4.78 is 13.0. The predicted octanol–water partition coefficient (Wildman–Crippen LogP) is 5.21. The minimum absolute atomic E-state index is 0.0680. The van der Waals surface area contributed by atoms with Crippen molar-refractivity contribution in [2.45, 2.75) is 13.0 Å². The molecule has 3 aromatic rings. The van der Waals surface area contributed by atoms with Crippen molar-refractivity contribution >= 4 is 23.0 Å². The summed E-state index contributed by atoms with van der Waals surface area (Å²) in [6.07, 6.45) is 0. The highest BCUT2D eigenvalue weighted by molar-refractivity contribution is 7.80. The summed E-state index contributed by atoms with van der Waals surface area (Å²) in [6, 6.07) is 24.5. The minimum atomic E-state index is -0.272. The lowest BCUT2D eigenvalue weighted by Gasteiger charge is -2.22. The summed E-state index contributed by atoms with van der Waals surface area (Å²) >= 11 is 5.46. The van der Waals surface area contributed by atoms with Gasteiger partial charge >= 0.3 is 0 Å². The highest BCUT2D eigenvalue weighted by Gasteiger charge is 2.15. The molecule has 0 aliphatic rings. The highest BCUT2D eigenvalue weighted by Crippen LogP contribution is 2.23. The molecule has 0 saturated carbocycles. The number of nitrogens with one attached hydrogen (secondary N) is 2. The van der Waals surface area contributed by atoms with Gasteiger partial charge in [0, 0.05) is 5.69 Å². The minimum Gasteiger partial charge on any atom is -0.352 e. The summed E-state index contributed by atoms with van der Waals surface area (Å²) in [7, 11) is 0. The van der Waals surface area contributed by atoms with E-state index >= 15 is 0 Å². The maximum Gasteiger partial charge on any atom is 0.171 e. The zero-order valence-electron chi connectivity index (χ0n) is 13.9. The molecular weight excluding hydrogens is 331 g/mol. The summed E-state index contributed by atoms with van der Waals surface area (Å²) in [4.78, 5) is 0. The first-order valence-corrected chi connectivity index (χ1v) is 8.47. The summed E-state index contributed by atoms with van der Waals surface area (Å²) in [5, 5.41) is 6.96. The van der Waals surface area contributed by atoms with E-state index in [4.69, 9.17) is 12.2 Å². The fourth-order valence-corrected chi connectivity index (χ4v) is 2.92. The van der Waals surface area contributed by atoms with Crippen molar-refractivity contribution in [3.63, 3.8) is 0 Å². The Balaban J connectivity index is 1.82. The van der Waals surface area contributed by atoms with Crippen LogP contribution in [0.15, 0.2) is 78.9 Å². The lowest BCUT2D eigenvalue weighted by atomic mass is 9.97. The van der Waals surface area contributed by atoms with Gasteiger partial charge in [0.1, 0.15) is 5.82 Å². The summed E-state index contributed by atoms with van der Waals surface area (Å²) in [5.74, 6) is -0.272. The number of rotatable bonds is 4. The van der Waals surface area contributed by atoms with Gasteiger partial charge in [-0.25, -0.2) is 4.39 Å². The van der Waals surface area contributed by atoms with E-state index in [1.165, 1.54) is 17.7 Å². The molecule has 0 radical (unpaired) electrons. The maximum atomic E-state index is 13.0. The Morgan fingerprint density at radius 1 is 0.880 bits per heavy atom. The van der Waals surface area contributed by atoms with E-state index in [0.717, 1.165) is 16.8 Å². The molecule has 25 heavy (non-hydrogen) atoms. The van der Waals surface area contributed by atoms with Crippen molar-refractivity contribution in [3.8, 4) is 0 Å². The van der Waals surface area contributed by atoms with E-state index in [9.17, 15) is 4.39 Å². The normalized spacial score (nSPS) is 11.6. The number of thiocarbonyl (C=S) groups is 1. The fourth-order valence-electron chi connectivity index (χ4n) is 2.69. The van der Waals surface area contributed by atoms with Crippen LogP contribution in [-0.4, -0.2) is 5.11 Å². The Hall–Kier alpha value is -2.72. The van der Waals surface area contributed by atoms with Crippen LogP contribution in [0.3, 0.4) is 0 Å². The van der Waals surface area contributed by atoms with Crippen molar-refractivity contribution in [1.82, 2.24) is 5.32 Å². The number of benzene rings is 3. The average molecular weight is 350 g/mol. The predicted molar refractivity (Wildman–Crippen MR) is 105 cm³/mol. The van der Waals surface area contributed by atoms with Crippen molar-refractivity contribution in [1.29, 1.82) is 0 Å². The largest absolute Gasteiger partial charge is 0.352 e. The molecule has 0 aliphatic carbocycles. The summed E-state index contributed by atoms with van der Waals surface area (Å²) in [5.41, 5.74) is 4.19. The smallest absolute Gasteiger partial charge is 0.171 e. The third-order valence-corrected chi connectivity index (χ3v) is 4.11. The van der Waals surface area contributed by atoms with Crippen LogP contribution in [0.4, 0.5) is 10.1 Å². The van der Waals surface area contributed by atoms with Crippen LogP contribution >= 0.6 is 12.2 Å². The molecule has 0 unspecified atom stereocenters. The second-order valence-electron chi connectivity index (χ2n) is 5.86. The molecule has 0 aromatic heterocycles. The lowest BCUT2D eigenvalue weighted by Crippen LogP contribution is -2.33. The van der Waals surface area contributed by atoms with Gasteiger partial charge in [0.25, 0.3) is 0 Å². The molecule has 0 spiro atoms. The van der Waals surface area contributed by atoms with Gasteiger partial charge in [0.2, 0.25) is 0 Å². The van der Waals surface area contributed by atoms with Crippen LogP contribution in [0.2, 0.25) is 0 Å². The van der Waals surface area contributed by atoms with E-state index in [2.05, 4.69) is 47.9 Å². The van der Waals surface area contributed by atoms with E-state index in [0.29, 0.717) is 5.11 Å². The van der Waals surface area contributed by atoms with Gasteiger partial charge in [0.15, 0.2) is 5.11 Å². The summed E-state index contributed by atoms with van der Waals surface area (Å²) in [6.45, 7) is 2.07. The molecule has 126 valence electrons. The molecule has 1 atom stereocenters. The number of halogens is 1. The highest BCUT2D eigenvalue weighted by atomic mass is 32.1. The standard InChI is InChI=1S/C21H19FN2S/c1-15-6-5-9-17(14-15)20(16-7-3-2-4-8-16)24-21(25)23-19-12-10-18(22)11-13-19/h2-14,20H,1H3,(H2,23,24,25)/t20-/m1/s1. The Morgan fingerprint density at radius 2 is 1.56 bits per heavy atom. The third-order valence-electron chi connectivity index (χ3n) is 3.89. The van der Waals surface area contributed by atoms with Gasteiger partial charge in [-0.3, -0.25) is 0 Å². The first-order chi connectivity index (χ1) is 12.1. The molecule has 0 fully saturated rings. The van der Waals surface area contributed by atoms with E-state index < -0.39 is 0 Å². The van der Waals surface area contributed by atoms with Gasteiger partial charge in [-0.2, -0.15) is 0 Å². The van der Waals surface area contributed by atoms with Gasteiger partial charge in [-0.15, -0.1) is 0 Å². The molecule has 0 saturated heterocycles. The fraction of sp³-hybridized carbons (Fsp3) is 0.0952. The molecule has 3 rings (SSSR count). The number of hydrogen-bond donors (Lipinski definition) is 2. The first-order valence-electron chi connectivity index (χ1n) is 8.06. The molecule has 3 aromatic carbocycles. The second-order valence-corrected chi connectivity index (χ2v) is 6.27. The Kier molecular flexibility index (Phi) is 5.41. The Labute approximate surface area is 152 Å². The van der Waals surface area contributed by atoms with Crippen LogP contribution in [0.1, 0.15) is 22.7 Å². The van der Waals surface area contributed by atoms with Crippen LogP contribution in [0.5, 0.6) is 0 Å². The zero-order chi connectivity index (χ0) is 17.6. The van der Waals surface area contributed by atoms with Crippen molar-refractivity contribution in [2.75, 3.05) is 5.32 Å². The van der Waals surface area contributed by atoms with Crippen LogP contribution in [-0.2, 0) is 0 Å². The van der Waals surface area contributed by atoms with Crippen molar-refractivity contribution in [2.24, 2.45) is 0 Å².